The Bertz CT molecular complexity index is 1090. The van der Waals surface area contributed by atoms with Gasteiger partial charge in [-0.1, -0.05) is 57.9 Å². The van der Waals surface area contributed by atoms with Crippen LogP contribution in [0.25, 0.3) is 0 Å². The molecule has 0 heterocycles. The van der Waals surface area contributed by atoms with Gasteiger partial charge in [0.2, 0.25) is 5.91 Å². The molecule has 8 heteroatoms. The second kappa shape index (κ2) is 10.5. The summed E-state index contributed by atoms with van der Waals surface area (Å²) in [6, 6.07) is 19.1. The van der Waals surface area contributed by atoms with Gasteiger partial charge in [-0.15, -0.1) is 0 Å². The van der Waals surface area contributed by atoms with E-state index >= 15 is 0 Å². The van der Waals surface area contributed by atoms with Crippen molar-refractivity contribution in [3.63, 3.8) is 0 Å². The lowest BCUT2D eigenvalue weighted by Crippen LogP contribution is -2.19. The summed E-state index contributed by atoms with van der Waals surface area (Å²) < 4.78 is 6.88. The Morgan fingerprint density at radius 1 is 1.03 bits per heavy atom. The number of amides is 1. The molecule has 152 valence electrons. The van der Waals surface area contributed by atoms with Crippen LogP contribution in [0.1, 0.15) is 21.5 Å². The standard InChI is InChI=1S/C22H15Br2ClN2O3/c23-17-11-16(13-26-27-20(28)10-14-6-8-18(25)9-7-14)21(19(24)12-17)30-22(29)15-4-2-1-3-5-15/h1-9,11-13H,10H2,(H,27,28)/b26-13+. The van der Waals surface area contributed by atoms with Crippen molar-refractivity contribution in [1.82, 2.24) is 5.43 Å². The van der Waals surface area contributed by atoms with Crippen molar-refractivity contribution in [1.29, 1.82) is 0 Å². The van der Waals surface area contributed by atoms with Crippen LogP contribution in [-0.4, -0.2) is 18.1 Å². The van der Waals surface area contributed by atoms with E-state index in [0.717, 1.165) is 10.0 Å². The van der Waals surface area contributed by atoms with Crippen LogP contribution in [-0.2, 0) is 11.2 Å². The minimum atomic E-state index is -0.500. The second-order valence-corrected chi connectivity index (χ2v) is 8.36. The molecule has 0 aliphatic carbocycles. The second-order valence-electron chi connectivity index (χ2n) is 6.16. The number of benzene rings is 3. The molecular weight excluding hydrogens is 536 g/mol. The normalized spacial score (nSPS) is 10.8. The average Bonchev–Trinajstić information content (AvgIpc) is 2.72. The monoisotopic (exact) mass is 548 g/mol. The molecule has 0 aliphatic rings. The maximum atomic E-state index is 12.4. The lowest BCUT2D eigenvalue weighted by atomic mass is 10.1. The molecule has 5 nitrogen and oxygen atoms in total. The van der Waals surface area contributed by atoms with Gasteiger partial charge < -0.3 is 4.74 Å². The molecule has 0 saturated heterocycles. The number of hydrogen-bond acceptors (Lipinski definition) is 4. The molecule has 0 bridgehead atoms. The van der Waals surface area contributed by atoms with Gasteiger partial charge in [-0.25, -0.2) is 10.2 Å². The van der Waals surface area contributed by atoms with Crippen LogP contribution in [0.5, 0.6) is 5.75 Å². The molecule has 0 spiro atoms. The molecular formula is C22H15Br2ClN2O3. The summed E-state index contributed by atoms with van der Waals surface area (Å²) >= 11 is 12.6. The van der Waals surface area contributed by atoms with Crippen LogP contribution in [0, 0.1) is 0 Å². The molecule has 0 aliphatic heterocycles. The van der Waals surface area contributed by atoms with E-state index in [-0.39, 0.29) is 12.3 Å². The fourth-order valence-electron chi connectivity index (χ4n) is 2.51. The first-order valence-corrected chi connectivity index (χ1v) is 10.7. The molecule has 30 heavy (non-hydrogen) atoms. The van der Waals surface area contributed by atoms with E-state index < -0.39 is 5.97 Å². The topological polar surface area (TPSA) is 67.8 Å². The van der Waals surface area contributed by atoms with Gasteiger partial charge in [0.15, 0.2) is 5.75 Å². The lowest BCUT2D eigenvalue weighted by Gasteiger charge is -2.10. The Morgan fingerprint density at radius 3 is 2.43 bits per heavy atom. The zero-order valence-corrected chi connectivity index (χ0v) is 19.4. The first-order valence-electron chi connectivity index (χ1n) is 8.75. The van der Waals surface area contributed by atoms with Crippen LogP contribution in [0.15, 0.2) is 80.8 Å². The van der Waals surface area contributed by atoms with Gasteiger partial charge in [-0.2, -0.15) is 5.10 Å². The highest BCUT2D eigenvalue weighted by atomic mass is 79.9. The Hall–Kier alpha value is -2.48. The molecule has 0 fully saturated rings. The Labute approximate surface area is 195 Å². The van der Waals surface area contributed by atoms with Crippen LogP contribution >= 0.6 is 43.5 Å². The van der Waals surface area contributed by atoms with Gasteiger partial charge in [-0.3, -0.25) is 4.79 Å². The van der Waals surface area contributed by atoms with Gasteiger partial charge >= 0.3 is 5.97 Å². The predicted molar refractivity (Wildman–Crippen MR) is 124 cm³/mol. The Balaban J connectivity index is 1.72. The average molecular weight is 551 g/mol. The lowest BCUT2D eigenvalue weighted by molar-refractivity contribution is -0.120. The molecule has 1 N–H and O–H groups in total. The van der Waals surface area contributed by atoms with Crippen molar-refractivity contribution < 1.29 is 14.3 Å². The first-order chi connectivity index (χ1) is 14.4. The van der Waals surface area contributed by atoms with Crippen LogP contribution in [0.2, 0.25) is 5.02 Å². The number of hydrogen-bond donors (Lipinski definition) is 1. The number of carbonyl (C=O) groups excluding carboxylic acids is 2. The fourth-order valence-corrected chi connectivity index (χ4v) is 3.98. The third-order valence-electron chi connectivity index (χ3n) is 3.91. The highest BCUT2D eigenvalue weighted by Gasteiger charge is 2.15. The van der Waals surface area contributed by atoms with Crippen molar-refractivity contribution in [3.8, 4) is 5.75 Å². The summed E-state index contributed by atoms with van der Waals surface area (Å²) in [5.74, 6) is -0.492. The van der Waals surface area contributed by atoms with E-state index in [4.69, 9.17) is 16.3 Å². The number of ether oxygens (including phenoxy) is 1. The van der Waals surface area contributed by atoms with Crippen molar-refractivity contribution in [2.75, 3.05) is 0 Å². The highest BCUT2D eigenvalue weighted by molar-refractivity contribution is 9.11. The maximum absolute atomic E-state index is 12.4. The summed E-state index contributed by atoms with van der Waals surface area (Å²) in [7, 11) is 0. The molecule has 0 radical (unpaired) electrons. The molecule has 0 atom stereocenters. The number of rotatable bonds is 6. The molecule has 0 unspecified atom stereocenters. The van der Waals surface area contributed by atoms with Gasteiger partial charge in [0.05, 0.1) is 22.7 Å². The number of nitrogens with zero attached hydrogens (tertiary/aromatic N) is 1. The largest absolute Gasteiger partial charge is 0.421 e. The van der Waals surface area contributed by atoms with E-state index in [1.165, 1.54) is 6.21 Å². The summed E-state index contributed by atoms with van der Waals surface area (Å²) in [5, 5.41) is 4.60. The summed E-state index contributed by atoms with van der Waals surface area (Å²) in [5.41, 5.74) is 4.22. The van der Waals surface area contributed by atoms with Crippen LogP contribution in [0.3, 0.4) is 0 Å². The van der Waals surface area contributed by atoms with Gasteiger partial charge in [-0.05, 0) is 57.9 Å². The number of esters is 1. The van der Waals surface area contributed by atoms with Crippen LogP contribution in [0.4, 0.5) is 0 Å². The molecule has 1 amide bonds. The van der Waals surface area contributed by atoms with Crippen LogP contribution < -0.4 is 10.2 Å². The van der Waals surface area contributed by atoms with Gasteiger partial charge in [0.1, 0.15) is 0 Å². The van der Waals surface area contributed by atoms with Crippen molar-refractivity contribution in [2.24, 2.45) is 5.10 Å². The van der Waals surface area contributed by atoms with E-state index in [9.17, 15) is 9.59 Å². The Morgan fingerprint density at radius 2 is 1.73 bits per heavy atom. The number of nitrogens with one attached hydrogen (secondary N) is 1. The highest BCUT2D eigenvalue weighted by Crippen LogP contribution is 2.32. The molecule has 3 aromatic carbocycles. The van der Waals surface area contributed by atoms with Gasteiger partial charge in [0, 0.05) is 15.1 Å². The molecule has 0 aromatic heterocycles. The number of halogens is 3. The summed E-state index contributed by atoms with van der Waals surface area (Å²) in [6.45, 7) is 0. The zero-order valence-electron chi connectivity index (χ0n) is 15.4. The minimum Gasteiger partial charge on any atom is -0.421 e. The van der Waals surface area contributed by atoms with E-state index in [1.54, 1.807) is 60.7 Å². The molecule has 0 saturated carbocycles. The zero-order chi connectivity index (χ0) is 21.5. The number of carbonyl (C=O) groups is 2. The van der Waals surface area contributed by atoms with Crippen molar-refractivity contribution in [2.45, 2.75) is 6.42 Å². The first kappa shape index (κ1) is 22.2. The van der Waals surface area contributed by atoms with Crippen molar-refractivity contribution in [3.05, 3.63) is 97.4 Å². The van der Waals surface area contributed by atoms with E-state index in [0.29, 0.717) is 26.4 Å². The van der Waals surface area contributed by atoms with Gasteiger partial charge in [0.25, 0.3) is 0 Å². The maximum Gasteiger partial charge on any atom is 0.343 e. The molecule has 3 rings (SSSR count). The predicted octanol–water partition coefficient (Wildman–Crippen LogP) is 5.78. The third-order valence-corrected chi connectivity index (χ3v) is 5.21. The quantitative estimate of drug-likeness (QED) is 0.183. The van der Waals surface area contributed by atoms with E-state index in [2.05, 4.69) is 42.4 Å². The minimum absolute atomic E-state index is 0.159. The number of hydrazone groups is 1. The summed E-state index contributed by atoms with van der Waals surface area (Å²) in [4.78, 5) is 24.5. The SMILES string of the molecule is O=C(Cc1ccc(Cl)cc1)N/N=C/c1cc(Br)cc(Br)c1OC(=O)c1ccccc1. The van der Waals surface area contributed by atoms with Crippen molar-refractivity contribution >= 4 is 61.6 Å². The van der Waals surface area contributed by atoms with E-state index in [1.807, 2.05) is 6.07 Å². The molecule has 3 aromatic rings. The third kappa shape index (κ3) is 6.26. The Kier molecular flexibility index (Phi) is 7.79. The smallest absolute Gasteiger partial charge is 0.343 e. The summed E-state index contributed by atoms with van der Waals surface area (Å²) in [6.07, 6.45) is 1.58. The fraction of sp³-hybridized carbons (Fsp3) is 0.0455.